The molecule has 27 heavy (non-hydrogen) atoms. The normalized spacial score (nSPS) is 13.1. The molecule has 144 valence electrons. The van der Waals surface area contributed by atoms with E-state index in [2.05, 4.69) is 77.4 Å². The minimum atomic E-state index is 0.0133. The number of pyridine rings is 1. The number of nitrogens with zero attached hydrogens (tertiary/aromatic N) is 3. The van der Waals surface area contributed by atoms with Crippen LogP contribution in [-0.2, 0) is 7.05 Å². The summed E-state index contributed by atoms with van der Waals surface area (Å²) in [4.78, 5) is 20.2. The maximum Gasteiger partial charge on any atom is 0.272 e. The van der Waals surface area contributed by atoms with Gasteiger partial charge in [0.15, 0.2) is 0 Å². The van der Waals surface area contributed by atoms with Crippen molar-refractivity contribution in [2.45, 2.75) is 66.0 Å². The Hall–Kier alpha value is -2.36. The molecule has 4 nitrogen and oxygen atoms in total. The zero-order valence-corrected chi connectivity index (χ0v) is 17.6. The second kappa shape index (κ2) is 7.34. The Bertz CT molecular complexity index is 976. The molecule has 1 unspecified atom stereocenters. The fourth-order valence-corrected chi connectivity index (χ4v) is 4.07. The topological polar surface area (TPSA) is 38.1 Å². The SMILES string of the molecule is CCC(C)c1nc(C(=O)N(C(C)C)C(C)C)cc2c3ccccc3n(C)c12. The Morgan fingerprint density at radius 2 is 1.70 bits per heavy atom. The summed E-state index contributed by atoms with van der Waals surface area (Å²) in [6.07, 6.45) is 0.985. The van der Waals surface area contributed by atoms with Crippen LogP contribution in [-0.4, -0.2) is 32.4 Å². The molecule has 2 heterocycles. The number of hydrogen-bond acceptors (Lipinski definition) is 2. The molecule has 0 saturated carbocycles. The largest absolute Gasteiger partial charge is 0.342 e. The molecular formula is C23H31N3O. The smallest absolute Gasteiger partial charge is 0.272 e. The van der Waals surface area contributed by atoms with Gasteiger partial charge in [-0.2, -0.15) is 0 Å². The average Bonchev–Trinajstić information content (AvgIpc) is 2.92. The van der Waals surface area contributed by atoms with Crippen molar-refractivity contribution in [1.29, 1.82) is 0 Å². The molecule has 3 rings (SSSR count). The highest BCUT2D eigenvalue weighted by molar-refractivity contribution is 6.10. The van der Waals surface area contributed by atoms with Gasteiger partial charge in [-0.1, -0.05) is 32.0 Å². The first-order valence-corrected chi connectivity index (χ1v) is 9.98. The van der Waals surface area contributed by atoms with Crippen LogP contribution < -0.4 is 0 Å². The van der Waals surface area contributed by atoms with Crippen molar-refractivity contribution in [3.8, 4) is 0 Å². The summed E-state index contributed by atoms with van der Waals surface area (Å²) in [6.45, 7) is 12.6. The molecule has 2 aromatic heterocycles. The third kappa shape index (κ3) is 3.22. The van der Waals surface area contributed by atoms with E-state index >= 15 is 0 Å². The maximum absolute atomic E-state index is 13.3. The maximum atomic E-state index is 13.3. The molecule has 0 saturated heterocycles. The molecule has 0 N–H and O–H groups in total. The quantitative estimate of drug-likeness (QED) is 0.599. The average molecular weight is 366 g/mol. The van der Waals surface area contributed by atoms with Crippen molar-refractivity contribution in [2.75, 3.05) is 0 Å². The highest BCUT2D eigenvalue weighted by Crippen LogP contribution is 2.34. The van der Waals surface area contributed by atoms with E-state index < -0.39 is 0 Å². The molecule has 0 fully saturated rings. The third-order valence-electron chi connectivity index (χ3n) is 5.56. The molecule has 0 aliphatic heterocycles. The predicted octanol–water partition coefficient (Wildman–Crippen LogP) is 5.50. The molecule has 0 aliphatic carbocycles. The van der Waals surface area contributed by atoms with Crippen LogP contribution >= 0.6 is 0 Å². The van der Waals surface area contributed by atoms with Crippen molar-refractivity contribution in [3.63, 3.8) is 0 Å². The number of amides is 1. The van der Waals surface area contributed by atoms with Gasteiger partial charge in [-0.3, -0.25) is 4.79 Å². The third-order valence-corrected chi connectivity index (χ3v) is 5.56. The summed E-state index contributed by atoms with van der Waals surface area (Å²) in [5.41, 5.74) is 3.89. The van der Waals surface area contributed by atoms with E-state index in [4.69, 9.17) is 4.98 Å². The van der Waals surface area contributed by atoms with E-state index in [0.717, 1.165) is 23.0 Å². The first-order valence-electron chi connectivity index (χ1n) is 9.98. The van der Waals surface area contributed by atoms with E-state index in [9.17, 15) is 4.79 Å². The monoisotopic (exact) mass is 365 g/mol. The Morgan fingerprint density at radius 3 is 2.30 bits per heavy atom. The highest BCUT2D eigenvalue weighted by Gasteiger charge is 2.26. The molecule has 1 amide bonds. The number of benzene rings is 1. The van der Waals surface area contributed by atoms with Gasteiger partial charge in [0.1, 0.15) is 5.69 Å². The lowest BCUT2D eigenvalue weighted by Gasteiger charge is -2.30. The Morgan fingerprint density at radius 1 is 1.07 bits per heavy atom. The molecule has 0 aliphatic rings. The minimum absolute atomic E-state index is 0.0133. The lowest BCUT2D eigenvalue weighted by molar-refractivity contribution is 0.0637. The fraction of sp³-hybridized carbons (Fsp3) is 0.478. The number of carbonyl (C=O) groups is 1. The van der Waals surface area contributed by atoms with Crippen LogP contribution in [0.1, 0.15) is 70.1 Å². The Balaban J connectivity index is 2.33. The molecule has 1 aromatic carbocycles. The number of hydrogen-bond donors (Lipinski definition) is 0. The molecule has 0 radical (unpaired) electrons. The van der Waals surface area contributed by atoms with Crippen molar-refractivity contribution < 1.29 is 4.79 Å². The number of carbonyl (C=O) groups excluding carboxylic acids is 1. The van der Waals surface area contributed by atoms with Crippen LogP contribution in [0.5, 0.6) is 0 Å². The van der Waals surface area contributed by atoms with Crippen LogP contribution in [0, 0.1) is 0 Å². The van der Waals surface area contributed by atoms with Crippen LogP contribution in [0.25, 0.3) is 21.8 Å². The van der Waals surface area contributed by atoms with E-state index in [1.807, 2.05) is 11.0 Å². The molecule has 0 spiro atoms. The van der Waals surface area contributed by atoms with Gasteiger partial charge in [0.2, 0.25) is 0 Å². The first kappa shape index (κ1) is 19.4. The molecular weight excluding hydrogens is 334 g/mol. The Labute approximate surface area is 162 Å². The second-order valence-electron chi connectivity index (χ2n) is 8.07. The summed E-state index contributed by atoms with van der Waals surface area (Å²) in [7, 11) is 2.09. The first-order chi connectivity index (χ1) is 12.8. The van der Waals surface area contributed by atoms with Gasteiger partial charge in [0, 0.05) is 41.3 Å². The van der Waals surface area contributed by atoms with E-state index in [1.54, 1.807) is 0 Å². The molecule has 3 aromatic rings. The number of fused-ring (bicyclic) bond motifs is 3. The van der Waals surface area contributed by atoms with Gasteiger partial charge < -0.3 is 9.47 Å². The standard InChI is InChI=1S/C23H31N3O/c1-8-16(6)21-22-18(17-11-9-10-12-20(17)25(22)7)13-19(24-21)23(27)26(14(2)3)15(4)5/h9-16H,8H2,1-7H3. The van der Waals surface area contributed by atoms with E-state index in [0.29, 0.717) is 5.69 Å². The summed E-state index contributed by atoms with van der Waals surface area (Å²) in [6, 6.07) is 10.6. The summed E-state index contributed by atoms with van der Waals surface area (Å²) >= 11 is 0. The van der Waals surface area contributed by atoms with Gasteiger partial charge >= 0.3 is 0 Å². The second-order valence-corrected chi connectivity index (χ2v) is 8.07. The summed E-state index contributed by atoms with van der Waals surface area (Å²) < 4.78 is 2.22. The van der Waals surface area contributed by atoms with Gasteiger partial charge in [-0.15, -0.1) is 0 Å². The van der Waals surface area contributed by atoms with Crippen LogP contribution in [0.4, 0.5) is 0 Å². The molecule has 1 atom stereocenters. The minimum Gasteiger partial charge on any atom is -0.342 e. The van der Waals surface area contributed by atoms with Crippen molar-refractivity contribution in [3.05, 3.63) is 41.7 Å². The van der Waals surface area contributed by atoms with Gasteiger partial charge in [0.25, 0.3) is 5.91 Å². The number of para-hydroxylation sites is 1. The Kier molecular flexibility index (Phi) is 5.27. The summed E-state index contributed by atoms with van der Waals surface area (Å²) in [5, 5.41) is 2.30. The van der Waals surface area contributed by atoms with Crippen LogP contribution in [0.3, 0.4) is 0 Å². The van der Waals surface area contributed by atoms with E-state index in [1.165, 1.54) is 10.9 Å². The number of aryl methyl sites for hydroxylation is 1. The van der Waals surface area contributed by atoms with Gasteiger partial charge in [-0.25, -0.2) is 4.98 Å². The van der Waals surface area contributed by atoms with Crippen molar-refractivity contribution in [1.82, 2.24) is 14.5 Å². The molecule has 4 heteroatoms. The van der Waals surface area contributed by atoms with Crippen molar-refractivity contribution >= 4 is 27.7 Å². The van der Waals surface area contributed by atoms with E-state index in [-0.39, 0.29) is 23.9 Å². The fourth-order valence-electron chi connectivity index (χ4n) is 4.07. The highest BCUT2D eigenvalue weighted by atomic mass is 16.2. The van der Waals surface area contributed by atoms with Crippen LogP contribution in [0.2, 0.25) is 0 Å². The van der Waals surface area contributed by atoms with Crippen molar-refractivity contribution in [2.24, 2.45) is 7.05 Å². The predicted molar refractivity (Wildman–Crippen MR) is 113 cm³/mol. The van der Waals surface area contributed by atoms with Gasteiger partial charge in [-0.05, 0) is 46.2 Å². The zero-order valence-electron chi connectivity index (χ0n) is 17.6. The molecule has 0 bridgehead atoms. The van der Waals surface area contributed by atoms with Gasteiger partial charge in [0.05, 0.1) is 11.2 Å². The van der Waals surface area contributed by atoms with Crippen LogP contribution in [0.15, 0.2) is 30.3 Å². The lowest BCUT2D eigenvalue weighted by atomic mass is 10.0. The summed E-state index contributed by atoms with van der Waals surface area (Å²) in [5.74, 6) is 0.300. The number of rotatable bonds is 5. The zero-order chi connectivity index (χ0) is 19.9. The lowest BCUT2D eigenvalue weighted by Crippen LogP contribution is -2.42. The number of aromatic nitrogens is 2.